The lowest BCUT2D eigenvalue weighted by Crippen LogP contribution is -2.33. The molecule has 2 aromatic rings. The molecule has 0 aliphatic carbocycles. The number of hydrogen-bond acceptors (Lipinski definition) is 3. The SMILES string of the molecule is Cc1cccc(NC(=O)CNC(=O)c2cccnc2)c1C. The summed E-state index contributed by atoms with van der Waals surface area (Å²) in [5, 5.41) is 5.35. The lowest BCUT2D eigenvalue weighted by atomic mass is 10.1. The Morgan fingerprint density at radius 1 is 1.14 bits per heavy atom. The maximum atomic E-state index is 11.9. The second kappa shape index (κ2) is 6.65. The quantitative estimate of drug-likeness (QED) is 0.902. The first kappa shape index (κ1) is 14.7. The number of carbonyl (C=O) groups excluding carboxylic acids is 2. The Bertz CT molecular complexity index is 654. The summed E-state index contributed by atoms with van der Waals surface area (Å²) in [4.78, 5) is 27.5. The first-order valence-corrected chi connectivity index (χ1v) is 6.62. The highest BCUT2D eigenvalue weighted by molar-refractivity contribution is 5.99. The van der Waals surface area contributed by atoms with Crippen LogP contribution in [0.1, 0.15) is 21.5 Å². The molecule has 2 N–H and O–H groups in total. The number of aromatic nitrogens is 1. The van der Waals surface area contributed by atoms with Crippen LogP contribution >= 0.6 is 0 Å². The van der Waals surface area contributed by atoms with Gasteiger partial charge in [0.05, 0.1) is 12.1 Å². The monoisotopic (exact) mass is 283 g/mol. The largest absolute Gasteiger partial charge is 0.343 e. The third-order valence-electron chi connectivity index (χ3n) is 3.21. The lowest BCUT2D eigenvalue weighted by Gasteiger charge is -2.10. The van der Waals surface area contributed by atoms with E-state index in [1.165, 1.54) is 6.20 Å². The van der Waals surface area contributed by atoms with Crippen molar-refractivity contribution in [1.29, 1.82) is 0 Å². The van der Waals surface area contributed by atoms with E-state index >= 15 is 0 Å². The van der Waals surface area contributed by atoms with Crippen molar-refractivity contribution in [3.05, 3.63) is 59.4 Å². The van der Waals surface area contributed by atoms with Crippen molar-refractivity contribution in [2.24, 2.45) is 0 Å². The van der Waals surface area contributed by atoms with Gasteiger partial charge >= 0.3 is 0 Å². The Hall–Kier alpha value is -2.69. The van der Waals surface area contributed by atoms with Crippen LogP contribution in [-0.4, -0.2) is 23.3 Å². The van der Waals surface area contributed by atoms with Crippen LogP contribution in [0.15, 0.2) is 42.7 Å². The van der Waals surface area contributed by atoms with Gasteiger partial charge in [-0.05, 0) is 43.2 Å². The average molecular weight is 283 g/mol. The van der Waals surface area contributed by atoms with Crippen molar-refractivity contribution in [2.75, 3.05) is 11.9 Å². The van der Waals surface area contributed by atoms with Gasteiger partial charge in [-0.3, -0.25) is 14.6 Å². The van der Waals surface area contributed by atoms with Crippen molar-refractivity contribution in [2.45, 2.75) is 13.8 Å². The van der Waals surface area contributed by atoms with Crippen molar-refractivity contribution in [3.63, 3.8) is 0 Å². The number of benzene rings is 1. The summed E-state index contributed by atoms with van der Waals surface area (Å²) >= 11 is 0. The molecule has 0 fully saturated rings. The maximum absolute atomic E-state index is 11.9. The Morgan fingerprint density at radius 3 is 2.67 bits per heavy atom. The van der Waals surface area contributed by atoms with E-state index in [4.69, 9.17) is 0 Å². The second-order valence-corrected chi connectivity index (χ2v) is 4.72. The van der Waals surface area contributed by atoms with Crippen LogP contribution in [0.2, 0.25) is 0 Å². The van der Waals surface area contributed by atoms with Crippen LogP contribution in [0.4, 0.5) is 5.69 Å². The van der Waals surface area contributed by atoms with E-state index < -0.39 is 0 Å². The molecule has 1 heterocycles. The number of hydrogen-bond donors (Lipinski definition) is 2. The van der Waals surface area contributed by atoms with Crippen molar-refractivity contribution in [3.8, 4) is 0 Å². The van der Waals surface area contributed by atoms with Crippen LogP contribution in [0, 0.1) is 13.8 Å². The van der Waals surface area contributed by atoms with Gasteiger partial charge in [-0.15, -0.1) is 0 Å². The highest BCUT2D eigenvalue weighted by atomic mass is 16.2. The molecule has 0 saturated carbocycles. The fourth-order valence-electron chi connectivity index (χ4n) is 1.84. The zero-order valence-electron chi connectivity index (χ0n) is 12.0. The average Bonchev–Trinajstić information content (AvgIpc) is 2.50. The van der Waals surface area contributed by atoms with E-state index in [-0.39, 0.29) is 18.4 Å². The van der Waals surface area contributed by atoms with Crippen LogP contribution in [0.5, 0.6) is 0 Å². The van der Waals surface area contributed by atoms with Gasteiger partial charge in [0.1, 0.15) is 0 Å². The minimum absolute atomic E-state index is 0.0822. The molecule has 0 saturated heterocycles. The van der Waals surface area contributed by atoms with Gasteiger partial charge < -0.3 is 10.6 Å². The Kier molecular flexibility index (Phi) is 4.66. The minimum atomic E-state index is -0.320. The standard InChI is InChI=1S/C16H17N3O2/c1-11-5-3-7-14(12(11)2)19-15(20)10-18-16(21)13-6-4-8-17-9-13/h3-9H,10H2,1-2H3,(H,18,21)(H,19,20). The van der Waals surface area contributed by atoms with Gasteiger partial charge in [0.2, 0.25) is 5.91 Å². The summed E-state index contributed by atoms with van der Waals surface area (Å²) in [6, 6.07) is 9.01. The molecule has 2 rings (SSSR count). The van der Waals surface area contributed by atoms with Gasteiger partial charge in [-0.1, -0.05) is 12.1 Å². The number of nitrogens with one attached hydrogen (secondary N) is 2. The minimum Gasteiger partial charge on any atom is -0.343 e. The topological polar surface area (TPSA) is 71.1 Å². The summed E-state index contributed by atoms with van der Waals surface area (Å²) in [5.74, 6) is -0.583. The molecule has 1 aromatic carbocycles. The van der Waals surface area contributed by atoms with E-state index in [1.807, 2.05) is 32.0 Å². The smallest absolute Gasteiger partial charge is 0.253 e. The molecule has 2 amide bonds. The summed E-state index contributed by atoms with van der Waals surface area (Å²) in [7, 11) is 0. The summed E-state index contributed by atoms with van der Waals surface area (Å²) in [6.45, 7) is 3.84. The fraction of sp³-hybridized carbons (Fsp3) is 0.188. The predicted molar refractivity (Wildman–Crippen MR) is 81.1 cm³/mol. The molecule has 5 nitrogen and oxygen atoms in total. The maximum Gasteiger partial charge on any atom is 0.253 e. The molecule has 5 heteroatoms. The zero-order valence-corrected chi connectivity index (χ0v) is 12.0. The molecule has 0 atom stereocenters. The van der Waals surface area contributed by atoms with Gasteiger partial charge in [0.15, 0.2) is 0 Å². The molecule has 1 aromatic heterocycles. The normalized spacial score (nSPS) is 10.0. The molecule has 108 valence electrons. The Labute approximate surface area is 123 Å². The van der Waals surface area contributed by atoms with Crippen molar-refractivity contribution >= 4 is 17.5 Å². The first-order valence-electron chi connectivity index (χ1n) is 6.62. The van der Waals surface area contributed by atoms with Crippen LogP contribution < -0.4 is 10.6 Å². The fourth-order valence-corrected chi connectivity index (χ4v) is 1.84. The third-order valence-corrected chi connectivity index (χ3v) is 3.21. The van der Waals surface area contributed by atoms with Crippen LogP contribution in [-0.2, 0) is 4.79 Å². The first-order chi connectivity index (χ1) is 10.1. The highest BCUT2D eigenvalue weighted by Gasteiger charge is 2.09. The lowest BCUT2D eigenvalue weighted by molar-refractivity contribution is -0.115. The number of aryl methyl sites for hydroxylation is 1. The second-order valence-electron chi connectivity index (χ2n) is 4.72. The van der Waals surface area contributed by atoms with Crippen molar-refractivity contribution < 1.29 is 9.59 Å². The predicted octanol–water partition coefficient (Wildman–Crippen LogP) is 2.07. The van der Waals surface area contributed by atoms with E-state index in [0.29, 0.717) is 5.56 Å². The van der Waals surface area contributed by atoms with Gasteiger partial charge in [0, 0.05) is 18.1 Å². The van der Waals surface area contributed by atoms with E-state index in [9.17, 15) is 9.59 Å². The van der Waals surface area contributed by atoms with Crippen LogP contribution in [0.25, 0.3) is 0 Å². The highest BCUT2D eigenvalue weighted by Crippen LogP contribution is 2.17. The van der Waals surface area contributed by atoms with E-state index in [2.05, 4.69) is 15.6 Å². The van der Waals surface area contributed by atoms with Crippen molar-refractivity contribution in [1.82, 2.24) is 10.3 Å². The molecular weight excluding hydrogens is 266 g/mol. The van der Waals surface area contributed by atoms with Gasteiger partial charge in [-0.25, -0.2) is 0 Å². The summed E-state index contributed by atoms with van der Waals surface area (Å²) in [6.07, 6.45) is 3.04. The van der Waals surface area contributed by atoms with Crippen LogP contribution in [0.3, 0.4) is 0 Å². The van der Waals surface area contributed by atoms with Gasteiger partial charge in [0.25, 0.3) is 5.91 Å². The molecule has 0 radical (unpaired) electrons. The third kappa shape index (κ3) is 3.89. The molecule has 0 aliphatic rings. The number of carbonyl (C=O) groups is 2. The number of nitrogens with zero attached hydrogens (tertiary/aromatic N) is 1. The molecule has 0 bridgehead atoms. The van der Waals surface area contributed by atoms with E-state index in [0.717, 1.165) is 16.8 Å². The zero-order chi connectivity index (χ0) is 15.2. The molecule has 0 aliphatic heterocycles. The molecule has 21 heavy (non-hydrogen) atoms. The van der Waals surface area contributed by atoms with E-state index in [1.54, 1.807) is 18.3 Å². The molecule has 0 unspecified atom stereocenters. The molecule has 0 spiro atoms. The Morgan fingerprint density at radius 2 is 1.95 bits per heavy atom. The molecular formula is C16H17N3O2. The summed E-state index contributed by atoms with van der Waals surface area (Å²) in [5.41, 5.74) is 3.31. The number of anilines is 1. The Balaban J connectivity index is 1.91. The summed E-state index contributed by atoms with van der Waals surface area (Å²) < 4.78 is 0. The number of rotatable bonds is 4. The number of amides is 2. The number of pyridine rings is 1. The van der Waals surface area contributed by atoms with Gasteiger partial charge in [-0.2, -0.15) is 0 Å².